The number of rotatable bonds is 8. The van der Waals surface area contributed by atoms with Crippen molar-refractivity contribution in [1.82, 2.24) is 4.57 Å². The second kappa shape index (κ2) is 7.87. The molecule has 0 bridgehead atoms. The van der Waals surface area contributed by atoms with Crippen molar-refractivity contribution in [1.29, 1.82) is 0 Å². The molecular weight excluding hydrogens is 354 g/mol. The number of pyridine rings is 1. The molecule has 5 nitrogen and oxygen atoms in total. The summed E-state index contributed by atoms with van der Waals surface area (Å²) in [6.07, 6.45) is 3.32. The molecule has 1 aliphatic carbocycles. The average molecular weight is 374 g/mol. The maximum atomic E-state index is 12.4. The highest BCUT2D eigenvalue weighted by molar-refractivity contribution is 6.36. The molecule has 136 valence electrons. The highest BCUT2D eigenvalue weighted by Gasteiger charge is 2.31. The zero-order valence-electron chi connectivity index (χ0n) is 14.5. The number of carbonyl (C=O) groups is 2. The quantitative estimate of drug-likeness (QED) is 0.525. The van der Waals surface area contributed by atoms with E-state index in [1.807, 2.05) is 6.92 Å². The number of halogens is 1. The first-order valence-corrected chi connectivity index (χ1v) is 8.98. The Balaban J connectivity index is 1.70. The van der Waals surface area contributed by atoms with E-state index in [1.165, 1.54) is 10.6 Å². The van der Waals surface area contributed by atoms with Gasteiger partial charge < -0.3 is 9.30 Å². The molecule has 1 saturated carbocycles. The number of aryl methyl sites for hydroxylation is 1. The van der Waals surface area contributed by atoms with Crippen molar-refractivity contribution in [2.75, 3.05) is 6.61 Å². The van der Waals surface area contributed by atoms with Gasteiger partial charge in [0.05, 0.1) is 18.0 Å². The third kappa shape index (κ3) is 4.22. The Morgan fingerprint density at radius 2 is 2.00 bits per heavy atom. The topological polar surface area (TPSA) is 65.4 Å². The van der Waals surface area contributed by atoms with E-state index in [0.29, 0.717) is 17.9 Å². The van der Waals surface area contributed by atoms with Crippen LogP contribution in [-0.4, -0.2) is 22.7 Å². The Kier molecular flexibility index (Phi) is 5.57. The smallest absolute Gasteiger partial charge is 0.250 e. The number of Topliss-reactive ketones (excluding diaryl/α,β-unsaturated/α-hetero) is 2. The lowest BCUT2D eigenvalue weighted by Crippen LogP contribution is -2.21. The summed E-state index contributed by atoms with van der Waals surface area (Å²) in [5.74, 6) is 0.164. The van der Waals surface area contributed by atoms with E-state index in [-0.39, 0.29) is 41.1 Å². The van der Waals surface area contributed by atoms with E-state index >= 15 is 0 Å². The summed E-state index contributed by atoms with van der Waals surface area (Å²) in [5, 5.41) is 0.221. The molecule has 0 saturated heterocycles. The summed E-state index contributed by atoms with van der Waals surface area (Å²) in [6, 6.07) is 8.32. The molecule has 0 radical (unpaired) electrons. The lowest BCUT2D eigenvalue weighted by Gasteiger charge is -2.14. The van der Waals surface area contributed by atoms with Gasteiger partial charge >= 0.3 is 0 Å². The first kappa shape index (κ1) is 18.4. The number of nitrogens with zero attached hydrogens (tertiary/aromatic N) is 1. The molecule has 1 fully saturated rings. The molecule has 0 atom stereocenters. The number of aromatic nitrogens is 1. The van der Waals surface area contributed by atoms with Gasteiger partial charge in [-0.1, -0.05) is 23.7 Å². The number of carbonyl (C=O) groups excluding carboxylic acids is 2. The lowest BCUT2D eigenvalue weighted by atomic mass is 10.0. The van der Waals surface area contributed by atoms with Crippen molar-refractivity contribution < 1.29 is 14.3 Å². The summed E-state index contributed by atoms with van der Waals surface area (Å²) < 4.78 is 7.29. The predicted octanol–water partition coefficient (Wildman–Crippen LogP) is 3.44. The van der Waals surface area contributed by atoms with E-state index < -0.39 is 0 Å². The molecule has 1 aromatic heterocycles. The van der Waals surface area contributed by atoms with Gasteiger partial charge in [-0.25, -0.2) is 0 Å². The third-order valence-corrected chi connectivity index (χ3v) is 4.81. The molecule has 0 unspecified atom stereocenters. The maximum absolute atomic E-state index is 12.4. The maximum Gasteiger partial charge on any atom is 0.250 e. The minimum absolute atomic E-state index is 0.0161. The number of ketones is 2. The van der Waals surface area contributed by atoms with Crippen LogP contribution in [0.25, 0.3) is 0 Å². The van der Waals surface area contributed by atoms with Gasteiger partial charge in [-0.2, -0.15) is 0 Å². The van der Waals surface area contributed by atoms with Crippen LogP contribution >= 0.6 is 11.6 Å². The Labute approximate surface area is 156 Å². The molecule has 0 aliphatic heterocycles. The van der Waals surface area contributed by atoms with Gasteiger partial charge in [-0.05, 0) is 37.5 Å². The fraction of sp³-hybridized carbons (Fsp3) is 0.350. The van der Waals surface area contributed by atoms with Gasteiger partial charge in [0, 0.05) is 23.7 Å². The van der Waals surface area contributed by atoms with E-state index in [1.54, 1.807) is 30.5 Å². The highest BCUT2D eigenvalue weighted by atomic mass is 35.5. The minimum atomic E-state index is -0.281. The van der Waals surface area contributed by atoms with Gasteiger partial charge in [0.25, 0.3) is 5.56 Å². The van der Waals surface area contributed by atoms with Gasteiger partial charge in [0.2, 0.25) is 0 Å². The van der Waals surface area contributed by atoms with Crippen LogP contribution < -0.4 is 10.3 Å². The van der Waals surface area contributed by atoms with E-state index in [4.69, 9.17) is 16.3 Å². The molecule has 0 amide bonds. The van der Waals surface area contributed by atoms with Crippen molar-refractivity contribution in [3.63, 3.8) is 0 Å². The Bertz CT molecular complexity index is 899. The molecule has 1 aliphatic rings. The number of hydrogen-bond acceptors (Lipinski definition) is 4. The van der Waals surface area contributed by atoms with Gasteiger partial charge in [0.1, 0.15) is 18.1 Å². The summed E-state index contributed by atoms with van der Waals surface area (Å²) in [4.78, 5) is 36.0. The zero-order chi connectivity index (χ0) is 18.7. The fourth-order valence-electron chi connectivity index (χ4n) is 2.74. The standard InChI is InChI=1S/C20H20ClNO4/c1-13-5-8-15(17(24)12-16(23)14-6-7-14)19(21)20(13)26-11-10-22-9-3-2-4-18(22)25/h2-5,8-9,14H,6-7,10-12H2,1H3. The molecular formula is C20H20ClNO4. The van der Waals surface area contributed by atoms with E-state index in [0.717, 1.165) is 18.4 Å². The molecule has 6 heteroatoms. The molecule has 1 aromatic carbocycles. The van der Waals surface area contributed by atoms with Crippen LogP contribution in [-0.2, 0) is 11.3 Å². The van der Waals surface area contributed by atoms with E-state index in [9.17, 15) is 14.4 Å². The molecule has 1 heterocycles. The van der Waals surface area contributed by atoms with Crippen LogP contribution in [0.2, 0.25) is 5.02 Å². The molecule has 0 spiro atoms. The van der Waals surface area contributed by atoms with Crippen molar-refractivity contribution in [3.8, 4) is 5.75 Å². The van der Waals surface area contributed by atoms with Crippen LogP contribution in [0.1, 0.15) is 35.2 Å². The van der Waals surface area contributed by atoms with Gasteiger partial charge in [0.15, 0.2) is 5.78 Å². The van der Waals surface area contributed by atoms with Crippen LogP contribution in [0.4, 0.5) is 0 Å². The Morgan fingerprint density at radius 1 is 1.23 bits per heavy atom. The van der Waals surface area contributed by atoms with Crippen LogP contribution in [0.3, 0.4) is 0 Å². The fourth-order valence-corrected chi connectivity index (χ4v) is 3.11. The monoisotopic (exact) mass is 373 g/mol. The van der Waals surface area contributed by atoms with Gasteiger partial charge in [-0.3, -0.25) is 14.4 Å². The summed E-state index contributed by atoms with van der Waals surface area (Å²) in [6.45, 7) is 2.44. The number of ether oxygens (including phenoxy) is 1. The third-order valence-electron chi connectivity index (χ3n) is 4.44. The molecule has 3 rings (SSSR count). The predicted molar refractivity (Wildman–Crippen MR) is 99.1 cm³/mol. The average Bonchev–Trinajstić information content (AvgIpc) is 3.44. The van der Waals surface area contributed by atoms with Crippen molar-refractivity contribution in [2.24, 2.45) is 5.92 Å². The van der Waals surface area contributed by atoms with Gasteiger partial charge in [-0.15, -0.1) is 0 Å². The summed E-state index contributed by atoms with van der Waals surface area (Å²) >= 11 is 6.37. The van der Waals surface area contributed by atoms with Crippen LogP contribution in [0.15, 0.2) is 41.3 Å². The SMILES string of the molecule is Cc1ccc(C(=O)CC(=O)C2CC2)c(Cl)c1OCCn1ccccc1=O. The van der Waals surface area contributed by atoms with Crippen molar-refractivity contribution >= 4 is 23.2 Å². The van der Waals surface area contributed by atoms with E-state index in [2.05, 4.69) is 0 Å². The Morgan fingerprint density at radius 3 is 2.69 bits per heavy atom. The summed E-state index contributed by atoms with van der Waals surface area (Å²) in [7, 11) is 0. The van der Waals surface area contributed by atoms with Crippen molar-refractivity contribution in [3.05, 3.63) is 63.0 Å². The molecule has 26 heavy (non-hydrogen) atoms. The second-order valence-corrected chi connectivity index (χ2v) is 6.87. The lowest BCUT2D eigenvalue weighted by molar-refractivity contribution is -0.119. The number of hydrogen-bond donors (Lipinski definition) is 0. The number of benzene rings is 1. The summed E-state index contributed by atoms with van der Waals surface area (Å²) in [5.41, 5.74) is 0.986. The molecule has 0 N–H and O–H groups in total. The first-order valence-electron chi connectivity index (χ1n) is 8.60. The Hall–Kier alpha value is -2.40. The van der Waals surface area contributed by atoms with Crippen LogP contribution in [0, 0.1) is 12.8 Å². The normalized spacial score (nSPS) is 13.5. The second-order valence-electron chi connectivity index (χ2n) is 6.49. The zero-order valence-corrected chi connectivity index (χ0v) is 15.3. The first-order chi connectivity index (χ1) is 12.5. The minimum Gasteiger partial charge on any atom is -0.490 e. The van der Waals surface area contributed by atoms with Crippen molar-refractivity contribution in [2.45, 2.75) is 32.7 Å². The highest BCUT2D eigenvalue weighted by Crippen LogP contribution is 2.35. The van der Waals surface area contributed by atoms with Crippen LogP contribution in [0.5, 0.6) is 5.75 Å². The largest absolute Gasteiger partial charge is 0.490 e. The molecule has 2 aromatic rings.